The topological polar surface area (TPSA) is 67.6 Å². The summed E-state index contributed by atoms with van der Waals surface area (Å²) in [5.41, 5.74) is 7.30. The first kappa shape index (κ1) is 15.9. The van der Waals surface area contributed by atoms with E-state index in [9.17, 15) is 4.79 Å². The van der Waals surface area contributed by atoms with E-state index in [0.29, 0.717) is 19.8 Å². The van der Waals surface area contributed by atoms with Gasteiger partial charge in [-0.15, -0.1) is 0 Å². The Bertz CT molecular complexity index is 485. The van der Waals surface area contributed by atoms with Gasteiger partial charge in [0.1, 0.15) is 0 Å². The first-order chi connectivity index (χ1) is 9.94. The Balaban J connectivity index is 2.01. The quantitative estimate of drug-likeness (QED) is 0.884. The Labute approximate surface area is 126 Å². The predicted molar refractivity (Wildman–Crippen MR) is 84.0 cm³/mol. The monoisotopic (exact) mass is 291 g/mol. The van der Waals surface area contributed by atoms with Gasteiger partial charge in [0.2, 0.25) is 5.91 Å². The average molecular weight is 291 g/mol. The second-order valence-electron chi connectivity index (χ2n) is 6.12. The van der Waals surface area contributed by atoms with Crippen LogP contribution in [0.2, 0.25) is 0 Å². The van der Waals surface area contributed by atoms with Crippen molar-refractivity contribution in [2.24, 2.45) is 5.73 Å². The number of hydrogen-bond acceptors (Lipinski definition) is 4. The molecule has 5 nitrogen and oxygen atoms in total. The van der Waals surface area contributed by atoms with Crippen molar-refractivity contribution < 1.29 is 9.53 Å². The maximum Gasteiger partial charge on any atom is 0.241 e. The van der Waals surface area contributed by atoms with E-state index in [0.717, 1.165) is 17.8 Å². The third kappa shape index (κ3) is 3.81. The molecule has 0 aliphatic carbocycles. The van der Waals surface area contributed by atoms with Crippen LogP contribution in [0.1, 0.15) is 26.3 Å². The summed E-state index contributed by atoms with van der Waals surface area (Å²) in [6.07, 6.45) is 0. The summed E-state index contributed by atoms with van der Waals surface area (Å²) in [5, 5.41) is 2.97. The van der Waals surface area contributed by atoms with Gasteiger partial charge in [-0.05, 0) is 38.5 Å². The highest BCUT2D eigenvalue weighted by molar-refractivity contribution is 5.94. The number of benzene rings is 1. The second-order valence-corrected chi connectivity index (χ2v) is 6.12. The molecule has 1 unspecified atom stereocenters. The van der Waals surface area contributed by atoms with Crippen LogP contribution < -0.4 is 11.1 Å². The van der Waals surface area contributed by atoms with E-state index in [1.807, 2.05) is 31.2 Å². The molecule has 0 radical (unpaired) electrons. The molecule has 2 rings (SSSR count). The summed E-state index contributed by atoms with van der Waals surface area (Å²) in [5.74, 6) is 0.00507. The van der Waals surface area contributed by atoms with Gasteiger partial charge in [0.15, 0.2) is 0 Å². The van der Waals surface area contributed by atoms with Crippen LogP contribution in [0, 0.1) is 0 Å². The molecule has 1 atom stereocenters. The van der Waals surface area contributed by atoms with E-state index in [4.69, 9.17) is 10.5 Å². The maximum absolute atomic E-state index is 12.4. The van der Waals surface area contributed by atoms with Crippen molar-refractivity contribution in [3.8, 4) is 0 Å². The van der Waals surface area contributed by atoms with E-state index in [-0.39, 0.29) is 17.5 Å². The zero-order chi connectivity index (χ0) is 15.5. The number of nitrogens with zero attached hydrogens (tertiary/aromatic N) is 1. The standard InChI is InChI=1S/C16H25N3O2/c1-12(19-8-9-21-11-16(19,2)3)15(20)18-14-6-4-13(10-17)5-7-14/h4-7,12H,8-11,17H2,1-3H3,(H,18,20). The molecule has 1 aromatic carbocycles. The summed E-state index contributed by atoms with van der Waals surface area (Å²) in [4.78, 5) is 14.6. The van der Waals surface area contributed by atoms with Gasteiger partial charge in [-0.25, -0.2) is 0 Å². The molecule has 1 saturated heterocycles. The number of ether oxygens (including phenoxy) is 1. The van der Waals surface area contributed by atoms with Crippen LogP contribution in [-0.2, 0) is 16.1 Å². The lowest BCUT2D eigenvalue weighted by molar-refractivity contribution is -0.129. The predicted octanol–water partition coefficient (Wildman–Crippen LogP) is 1.58. The van der Waals surface area contributed by atoms with Gasteiger partial charge < -0.3 is 15.8 Å². The molecule has 0 aromatic heterocycles. The molecule has 1 fully saturated rings. The van der Waals surface area contributed by atoms with Crippen LogP contribution >= 0.6 is 0 Å². The summed E-state index contributed by atoms with van der Waals surface area (Å²) in [7, 11) is 0. The van der Waals surface area contributed by atoms with Gasteiger partial charge in [0, 0.05) is 24.3 Å². The summed E-state index contributed by atoms with van der Waals surface area (Å²) >= 11 is 0. The van der Waals surface area contributed by atoms with E-state index in [2.05, 4.69) is 24.1 Å². The minimum Gasteiger partial charge on any atom is -0.378 e. The van der Waals surface area contributed by atoms with Crippen LogP contribution in [0.3, 0.4) is 0 Å². The van der Waals surface area contributed by atoms with Crippen LogP contribution in [0.15, 0.2) is 24.3 Å². The van der Waals surface area contributed by atoms with Crippen LogP contribution in [0.4, 0.5) is 5.69 Å². The van der Waals surface area contributed by atoms with Crippen molar-refractivity contribution in [2.75, 3.05) is 25.1 Å². The zero-order valence-corrected chi connectivity index (χ0v) is 13.1. The van der Waals surface area contributed by atoms with Crippen molar-refractivity contribution >= 4 is 11.6 Å². The third-order valence-electron chi connectivity index (χ3n) is 4.01. The lowest BCUT2D eigenvalue weighted by atomic mass is 9.99. The molecule has 1 aromatic rings. The lowest BCUT2D eigenvalue weighted by Gasteiger charge is -2.44. The fourth-order valence-electron chi connectivity index (χ4n) is 2.70. The van der Waals surface area contributed by atoms with Gasteiger partial charge in [0.25, 0.3) is 0 Å². The number of hydrogen-bond donors (Lipinski definition) is 2. The molecular formula is C16H25N3O2. The molecule has 116 valence electrons. The van der Waals surface area contributed by atoms with Crippen LogP contribution in [0.25, 0.3) is 0 Å². The largest absolute Gasteiger partial charge is 0.378 e. The van der Waals surface area contributed by atoms with Crippen LogP contribution in [0.5, 0.6) is 0 Å². The highest BCUT2D eigenvalue weighted by Crippen LogP contribution is 2.22. The Kier molecular flexibility index (Phi) is 4.98. The Morgan fingerprint density at radius 1 is 1.43 bits per heavy atom. The molecule has 5 heteroatoms. The molecule has 1 amide bonds. The molecule has 21 heavy (non-hydrogen) atoms. The molecular weight excluding hydrogens is 266 g/mol. The SMILES string of the molecule is CC(C(=O)Nc1ccc(CN)cc1)N1CCOCC1(C)C. The number of anilines is 1. The molecule has 0 bridgehead atoms. The van der Waals surface area contributed by atoms with Crippen LogP contribution in [-0.4, -0.2) is 42.1 Å². The summed E-state index contributed by atoms with van der Waals surface area (Å²) in [6.45, 7) is 8.75. The fourth-order valence-corrected chi connectivity index (χ4v) is 2.70. The third-order valence-corrected chi connectivity index (χ3v) is 4.01. The van der Waals surface area contributed by atoms with Crippen molar-refractivity contribution in [1.82, 2.24) is 4.90 Å². The fraction of sp³-hybridized carbons (Fsp3) is 0.562. The highest BCUT2D eigenvalue weighted by Gasteiger charge is 2.36. The summed E-state index contributed by atoms with van der Waals surface area (Å²) < 4.78 is 5.50. The average Bonchev–Trinajstić information content (AvgIpc) is 2.47. The highest BCUT2D eigenvalue weighted by atomic mass is 16.5. The number of rotatable bonds is 4. The Morgan fingerprint density at radius 3 is 2.67 bits per heavy atom. The molecule has 1 aliphatic heterocycles. The molecule has 0 spiro atoms. The van der Waals surface area contributed by atoms with Gasteiger partial charge in [-0.1, -0.05) is 12.1 Å². The van der Waals surface area contributed by atoms with Gasteiger partial charge in [0.05, 0.1) is 19.3 Å². The van der Waals surface area contributed by atoms with Gasteiger partial charge in [-0.3, -0.25) is 9.69 Å². The Hall–Kier alpha value is -1.43. The van der Waals surface area contributed by atoms with Crippen molar-refractivity contribution in [3.05, 3.63) is 29.8 Å². The Morgan fingerprint density at radius 2 is 2.10 bits per heavy atom. The molecule has 1 heterocycles. The number of morpholine rings is 1. The molecule has 1 aliphatic rings. The summed E-state index contributed by atoms with van der Waals surface area (Å²) in [6, 6.07) is 7.44. The minimum absolute atomic E-state index is 0.00507. The first-order valence-corrected chi connectivity index (χ1v) is 7.38. The second kappa shape index (κ2) is 6.56. The number of nitrogens with one attached hydrogen (secondary N) is 1. The zero-order valence-electron chi connectivity index (χ0n) is 13.1. The van der Waals surface area contributed by atoms with Crippen molar-refractivity contribution in [1.29, 1.82) is 0 Å². The number of carbonyl (C=O) groups excluding carboxylic acids is 1. The molecule has 0 saturated carbocycles. The number of carbonyl (C=O) groups is 1. The van der Waals surface area contributed by atoms with Crippen molar-refractivity contribution in [2.45, 2.75) is 38.9 Å². The van der Waals surface area contributed by atoms with Gasteiger partial charge >= 0.3 is 0 Å². The first-order valence-electron chi connectivity index (χ1n) is 7.38. The number of amides is 1. The van der Waals surface area contributed by atoms with Gasteiger partial charge in [-0.2, -0.15) is 0 Å². The van der Waals surface area contributed by atoms with E-state index in [1.54, 1.807) is 0 Å². The minimum atomic E-state index is -0.196. The van der Waals surface area contributed by atoms with E-state index >= 15 is 0 Å². The van der Waals surface area contributed by atoms with E-state index in [1.165, 1.54) is 0 Å². The molecule has 3 N–H and O–H groups in total. The van der Waals surface area contributed by atoms with E-state index < -0.39 is 0 Å². The smallest absolute Gasteiger partial charge is 0.241 e. The van der Waals surface area contributed by atoms with Crippen molar-refractivity contribution in [3.63, 3.8) is 0 Å². The lowest BCUT2D eigenvalue weighted by Crippen LogP contribution is -2.59. The normalized spacial score (nSPS) is 20.0. The number of nitrogens with two attached hydrogens (primary N) is 1. The maximum atomic E-state index is 12.4.